The quantitative estimate of drug-likeness (QED) is 0.249. The van der Waals surface area contributed by atoms with E-state index < -0.39 is 0 Å². The molecule has 1 N–H and O–H groups in total. The molecule has 0 aliphatic heterocycles. The largest absolute Gasteiger partial charge is 0.497 e. The number of hydrogen-bond acceptors (Lipinski definition) is 4. The van der Waals surface area contributed by atoms with E-state index >= 15 is 0 Å². The standard InChI is InChI=1S/C31H37N3O3/c1-22(2)26-16-11-23(3)20-29(26)37-19-18-34-28-9-6-5-8-27(28)33-30(34)10-7-17-32-31(35)21-24-12-14-25(36-4)15-13-24/h5-6,8-9,11-16,20,22H,7,10,17-19,21H2,1-4H3,(H,32,35). The highest BCUT2D eigenvalue weighted by Crippen LogP contribution is 2.27. The normalized spacial score (nSPS) is 11.2. The summed E-state index contributed by atoms with van der Waals surface area (Å²) in [5, 5.41) is 3.04. The van der Waals surface area contributed by atoms with E-state index in [1.54, 1.807) is 7.11 Å². The molecule has 0 aliphatic carbocycles. The van der Waals surface area contributed by atoms with Gasteiger partial charge in [0, 0.05) is 13.0 Å². The molecule has 4 rings (SSSR count). The SMILES string of the molecule is COc1ccc(CC(=O)NCCCc2nc3ccccc3n2CCOc2cc(C)ccc2C(C)C)cc1. The van der Waals surface area contributed by atoms with Crippen LogP contribution in [0.1, 0.15) is 48.7 Å². The van der Waals surface area contributed by atoms with Crippen LogP contribution in [0.4, 0.5) is 0 Å². The van der Waals surface area contributed by atoms with Crippen LogP contribution in [-0.4, -0.2) is 35.7 Å². The number of hydrogen-bond donors (Lipinski definition) is 1. The number of carbonyl (C=O) groups excluding carboxylic acids is 1. The van der Waals surface area contributed by atoms with Crippen molar-refractivity contribution < 1.29 is 14.3 Å². The van der Waals surface area contributed by atoms with Gasteiger partial charge in [-0.3, -0.25) is 4.79 Å². The average molecular weight is 500 g/mol. The molecule has 3 aromatic carbocycles. The third-order valence-electron chi connectivity index (χ3n) is 6.52. The van der Waals surface area contributed by atoms with Crippen molar-refractivity contribution in [2.24, 2.45) is 0 Å². The molecule has 194 valence electrons. The maximum atomic E-state index is 12.4. The second kappa shape index (κ2) is 12.4. The molecule has 0 saturated heterocycles. The van der Waals surface area contributed by atoms with E-state index in [0.717, 1.165) is 46.8 Å². The molecule has 6 heteroatoms. The third-order valence-corrected chi connectivity index (χ3v) is 6.52. The van der Waals surface area contributed by atoms with E-state index in [0.29, 0.717) is 32.0 Å². The molecule has 0 unspecified atom stereocenters. The van der Waals surface area contributed by atoms with Crippen molar-refractivity contribution in [3.63, 3.8) is 0 Å². The molecule has 0 fully saturated rings. The van der Waals surface area contributed by atoms with Gasteiger partial charge in [-0.2, -0.15) is 0 Å². The first-order valence-electron chi connectivity index (χ1n) is 13.0. The molecule has 0 aliphatic rings. The summed E-state index contributed by atoms with van der Waals surface area (Å²) >= 11 is 0. The lowest BCUT2D eigenvalue weighted by molar-refractivity contribution is -0.120. The van der Waals surface area contributed by atoms with Gasteiger partial charge in [-0.25, -0.2) is 4.98 Å². The van der Waals surface area contributed by atoms with E-state index in [9.17, 15) is 4.79 Å². The number of ether oxygens (including phenoxy) is 2. The zero-order valence-corrected chi connectivity index (χ0v) is 22.3. The molecule has 1 heterocycles. The highest BCUT2D eigenvalue weighted by atomic mass is 16.5. The smallest absolute Gasteiger partial charge is 0.224 e. The molecular weight excluding hydrogens is 462 g/mol. The van der Waals surface area contributed by atoms with Crippen molar-refractivity contribution >= 4 is 16.9 Å². The fourth-order valence-electron chi connectivity index (χ4n) is 4.52. The van der Waals surface area contributed by atoms with E-state index in [1.807, 2.05) is 42.5 Å². The molecule has 1 amide bonds. The lowest BCUT2D eigenvalue weighted by atomic mass is 10.0. The van der Waals surface area contributed by atoms with Gasteiger partial charge in [0.25, 0.3) is 0 Å². The monoisotopic (exact) mass is 499 g/mol. The number of benzene rings is 3. The zero-order valence-electron chi connectivity index (χ0n) is 22.3. The van der Waals surface area contributed by atoms with Gasteiger partial charge < -0.3 is 19.4 Å². The predicted molar refractivity (Wildman–Crippen MR) is 149 cm³/mol. The van der Waals surface area contributed by atoms with Crippen molar-refractivity contribution in [1.82, 2.24) is 14.9 Å². The van der Waals surface area contributed by atoms with Crippen LogP contribution in [-0.2, 0) is 24.2 Å². The number of nitrogens with zero attached hydrogens (tertiary/aromatic N) is 2. The molecule has 6 nitrogen and oxygen atoms in total. The van der Waals surface area contributed by atoms with Crippen LogP contribution >= 0.6 is 0 Å². The van der Waals surface area contributed by atoms with Crippen molar-refractivity contribution in [1.29, 1.82) is 0 Å². The van der Waals surface area contributed by atoms with Gasteiger partial charge in [0.2, 0.25) is 5.91 Å². The van der Waals surface area contributed by atoms with Crippen molar-refractivity contribution in [2.45, 2.75) is 52.5 Å². The molecule has 4 aromatic rings. The summed E-state index contributed by atoms with van der Waals surface area (Å²) in [5.74, 6) is 3.19. The summed E-state index contributed by atoms with van der Waals surface area (Å²) in [4.78, 5) is 17.3. The van der Waals surface area contributed by atoms with E-state index in [-0.39, 0.29) is 5.91 Å². The summed E-state index contributed by atoms with van der Waals surface area (Å²) in [7, 11) is 1.63. The topological polar surface area (TPSA) is 65.4 Å². The van der Waals surface area contributed by atoms with Crippen LogP contribution in [0.5, 0.6) is 11.5 Å². The zero-order chi connectivity index (χ0) is 26.2. The number of aryl methyl sites for hydroxylation is 2. The Labute approximate surface area is 219 Å². The van der Waals surface area contributed by atoms with Crippen molar-refractivity contribution in [2.75, 3.05) is 20.3 Å². The number of carbonyl (C=O) groups is 1. The number of amides is 1. The second-order valence-corrected chi connectivity index (χ2v) is 9.69. The predicted octanol–water partition coefficient (Wildman–Crippen LogP) is 5.85. The lowest BCUT2D eigenvalue weighted by Crippen LogP contribution is -2.26. The Morgan fingerprint density at radius 3 is 2.59 bits per heavy atom. The molecule has 1 aromatic heterocycles. The molecule has 0 saturated carbocycles. The molecule has 0 bridgehead atoms. The first-order valence-corrected chi connectivity index (χ1v) is 13.0. The number of imidazole rings is 1. The summed E-state index contributed by atoms with van der Waals surface area (Å²) in [6.07, 6.45) is 1.95. The summed E-state index contributed by atoms with van der Waals surface area (Å²) < 4.78 is 13.7. The molecule has 37 heavy (non-hydrogen) atoms. The van der Waals surface area contributed by atoms with Gasteiger partial charge >= 0.3 is 0 Å². The van der Waals surface area contributed by atoms with Crippen molar-refractivity contribution in [3.05, 3.63) is 89.2 Å². The van der Waals surface area contributed by atoms with E-state index in [1.165, 1.54) is 11.1 Å². The fraction of sp³-hybridized carbons (Fsp3) is 0.355. The third kappa shape index (κ3) is 6.91. The number of fused-ring (bicyclic) bond motifs is 1. The van der Waals surface area contributed by atoms with Crippen molar-refractivity contribution in [3.8, 4) is 11.5 Å². The number of aromatic nitrogens is 2. The second-order valence-electron chi connectivity index (χ2n) is 9.69. The Morgan fingerprint density at radius 1 is 1.05 bits per heavy atom. The highest BCUT2D eigenvalue weighted by Gasteiger charge is 2.13. The Balaban J connectivity index is 1.34. The van der Waals surface area contributed by atoms with Crippen LogP contribution in [0, 0.1) is 6.92 Å². The Bertz CT molecular complexity index is 1330. The van der Waals surface area contributed by atoms with Gasteiger partial charge in [0.05, 0.1) is 31.1 Å². The fourth-order valence-corrected chi connectivity index (χ4v) is 4.52. The van der Waals surface area contributed by atoms with Crippen LogP contribution < -0.4 is 14.8 Å². The first-order chi connectivity index (χ1) is 17.9. The summed E-state index contributed by atoms with van der Waals surface area (Å²) in [5.41, 5.74) is 5.49. The number of methoxy groups -OCH3 is 1. The van der Waals surface area contributed by atoms with Crippen LogP contribution in [0.3, 0.4) is 0 Å². The summed E-state index contributed by atoms with van der Waals surface area (Å²) in [6, 6.07) is 22.2. The molecule has 0 spiro atoms. The minimum absolute atomic E-state index is 0.0196. The molecule has 0 radical (unpaired) electrons. The maximum Gasteiger partial charge on any atom is 0.224 e. The van der Waals surface area contributed by atoms with Gasteiger partial charge in [-0.1, -0.05) is 50.2 Å². The minimum atomic E-state index is 0.0196. The Morgan fingerprint density at radius 2 is 1.84 bits per heavy atom. The Kier molecular flexibility index (Phi) is 8.83. The maximum absolute atomic E-state index is 12.4. The summed E-state index contributed by atoms with van der Waals surface area (Å²) in [6.45, 7) is 8.35. The lowest BCUT2D eigenvalue weighted by Gasteiger charge is -2.16. The van der Waals surface area contributed by atoms with E-state index in [2.05, 4.69) is 54.9 Å². The number of nitrogens with one attached hydrogen (secondary N) is 1. The van der Waals surface area contributed by atoms with Crippen LogP contribution in [0.2, 0.25) is 0 Å². The minimum Gasteiger partial charge on any atom is -0.497 e. The van der Waals surface area contributed by atoms with Gasteiger partial charge in [-0.15, -0.1) is 0 Å². The van der Waals surface area contributed by atoms with Crippen LogP contribution in [0.15, 0.2) is 66.7 Å². The molecular formula is C31H37N3O3. The molecule has 0 atom stereocenters. The highest BCUT2D eigenvalue weighted by molar-refractivity contribution is 5.78. The van der Waals surface area contributed by atoms with E-state index in [4.69, 9.17) is 14.5 Å². The number of para-hydroxylation sites is 2. The average Bonchev–Trinajstić information content (AvgIpc) is 3.24. The van der Waals surface area contributed by atoms with Gasteiger partial charge in [0.15, 0.2) is 0 Å². The Hall–Kier alpha value is -3.80. The van der Waals surface area contributed by atoms with Crippen LogP contribution in [0.25, 0.3) is 11.0 Å². The van der Waals surface area contributed by atoms with Gasteiger partial charge in [-0.05, 0) is 66.3 Å². The first kappa shape index (κ1) is 26.3. The van der Waals surface area contributed by atoms with Gasteiger partial charge in [0.1, 0.15) is 23.9 Å². The number of rotatable bonds is 12.